The maximum Gasteiger partial charge on any atom is 0.269 e. The highest BCUT2D eigenvalue weighted by atomic mass is 16.6. The molecule has 19 heavy (non-hydrogen) atoms. The smallest absolute Gasteiger partial charge is 0.258 e. The lowest BCUT2D eigenvalue weighted by molar-refractivity contribution is -0.384. The third-order valence-corrected chi connectivity index (χ3v) is 4.70. The van der Waals surface area contributed by atoms with Gasteiger partial charge in [-0.2, -0.15) is 5.26 Å². The molecule has 1 saturated carbocycles. The van der Waals surface area contributed by atoms with Crippen molar-refractivity contribution in [2.24, 2.45) is 5.41 Å². The third kappa shape index (κ3) is 2.10. The number of hydrogen-bond acceptors (Lipinski definition) is 3. The Kier molecular flexibility index (Phi) is 3.32. The molecule has 1 aromatic carbocycles. The molecule has 100 valence electrons. The highest BCUT2D eigenvalue weighted by molar-refractivity contribution is 5.42. The first-order valence-corrected chi connectivity index (χ1v) is 6.67. The number of rotatable bonds is 4. The number of benzene rings is 1. The molecule has 4 nitrogen and oxygen atoms in total. The van der Waals surface area contributed by atoms with Crippen LogP contribution in [-0.2, 0) is 5.41 Å². The summed E-state index contributed by atoms with van der Waals surface area (Å²) in [5.41, 5.74) is 0.824. The first-order valence-electron chi connectivity index (χ1n) is 6.67. The van der Waals surface area contributed by atoms with E-state index in [2.05, 4.69) is 19.9 Å². The van der Waals surface area contributed by atoms with Crippen LogP contribution < -0.4 is 0 Å². The average Bonchev–Trinajstić information content (AvgIpc) is 2.40. The minimum Gasteiger partial charge on any atom is -0.258 e. The molecule has 1 aliphatic rings. The van der Waals surface area contributed by atoms with E-state index in [9.17, 15) is 15.4 Å². The summed E-state index contributed by atoms with van der Waals surface area (Å²) in [7, 11) is 0. The molecule has 0 saturated heterocycles. The van der Waals surface area contributed by atoms with E-state index in [0.29, 0.717) is 0 Å². The Bertz CT molecular complexity index is 516. The summed E-state index contributed by atoms with van der Waals surface area (Å²) in [6, 6.07) is 8.88. The maximum atomic E-state index is 10.7. The second-order valence-electron chi connectivity index (χ2n) is 5.56. The molecule has 0 radical (unpaired) electrons. The number of nitrogens with zero attached hydrogens (tertiary/aromatic N) is 2. The Morgan fingerprint density at radius 3 is 2.16 bits per heavy atom. The fourth-order valence-corrected chi connectivity index (χ4v) is 3.23. The standard InChI is InChI=1S/C15H18N2O2/c1-3-14(4-2)9-15(10-14,11-16)12-5-7-13(8-6-12)17(18)19/h5-8H,3-4,9-10H2,1-2H3. The lowest BCUT2D eigenvalue weighted by Gasteiger charge is -2.52. The molecule has 0 heterocycles. The Morgan fingerprint density at radius 1 is 1.26 bits per heavy atom. The summed E-state index contributed by atoms with van der Waals surface area (Å²) in [6.07, 6.45) is 3.89. The summed E-state index contributed by atoms with van der Waals surface area (Å²) >= 11 is 0. The number of non-ortho nitro benzene ring substituents is 1. The topological polar surface area (TPSA) is 66.9 Å². The highest BCUT2D eigenvalue weighted by Crippen LogP contribution is 2.58. The van der Waals surface area contributed by atoms with E-state index in [-0.39, 0.29) is 11.1 Å². The van der Waals surface area contributed by atoms with Gasteiger partial charge in [-0.15, -0.1) is 0 Å². The van der Waals surface area contributed by atoms with Crippen LogP contribution in [0, 0.1) is 26.9 Å². The van der Waals surface area contributed by atoms with Gasteiger partial charge in [0, 0.05) is 12.1 Å². The van der Waals surface area contributed by atoms with Crippen LogP contribution in [0.4, 0.5) is 5.69 Å². The van der Waals surface area contributed by atoms with Crippen LogP contribution in [0.15, 0.2) is 24.3 Å². The molecule has 0 N–H and O–H groups in total. The first-order chi connectivity index (χ1) is 9.01. The van der Waals surface area contributed by atoms with Gasteiger partial charge >= 0.3 is 0 Å². The van der Waals surface area contributed by atoms with Gasteiger partial charge in [0.25, 0.3) is 5.69 Å². The van der Waals surface area contributed by atoms with E-state index >= 15 is 0 Å². The number of hydrogen-bond donors (Lipinski definition) is 0. The molecule has 1 fully saturated rings. The lowest BCUT2D eigenvalue weighted by atomic mass is 9.49. The molecule has 0 atom stereocenters. The molecule has 0 aliphatic heterocycles. The van der Waals surface area contributed by atoms with Gasteiger partial charge in [-0.25, -0.2) is 0 Å². The number of nitriles is 1. The van der Waals surface area contributed by atoms with Gasteiger partial charge < -0.3 is 0 Å². The van der Waals surface area contributed by atoms with Crippen LogP contribution in [0.5, 0.6) is 0 Å². The number of nitro benzene ring substituents is 1. The summed E-state index contributed by atoms with van der Waals surface area (Å²) in [5.74, 6) is 0. The van der Waals surface area contributed by atoms with Crippen LogP contribution in [-0.4, -0.2) is 4.92 Å². The zero-order chi connectivity index (χ0) is 14.1. The molecular weight excluding hydrogens is 240 g/mol. The molecule has 0 amide bonds. The van der Waals surface area contributed by atoms with Gasteiger partial charge in [-0.05, 0) is 23.8 Å². The van der Waals surface area contributed by atoms with Crippen molar-refractivity contribution in [2.45, 2.75) is 44.9 Å². The Labute approximate surface area is 113 Å². The molecule has 0 bridgehead atoms. The summed E-state index contributed by atoms with van der Waals surface area (Å²) in [4.78, 5) is 10.2. The average molecular weight is 258 g/mol. The zero-order valence-corrected chi connectivity index (χ0v) is 11.3. The summed E-state index contributed by atoms with van der Waals surface area (Å²) in [5, 5.41) is 20.2. The minimum atomic E-state index is -0.443. The van der Waals surface area contributed by atoms with Crippen LogP contribution in [0.25, 0.3) is 0 Å². The van der Waals surface area contributed by atoms with Gasteiger partial charge in [0.05, 0.1) is 16.4 Å². The Hall–Kier alpha value is -1.89. The largest absolute Gasteiger partial charge is 0.269 e. The van der Waals surface area contributed by atoms with Gasteiger partial charge in [0.15, 0.2) is 0 Å². The van der Waals surface area contributed by atoms with Crippen molar-refractivity contribution in [1.82, 2.24) is 0 Å². The molecule has 0 unspecified atom stereocenters. The Morgan fingerprint density at radius 2 is 1.79 bits per heavy atom. The molecule has 4 heteroatoms. The zero-order valence-electron chi connectivity index (χ0n) is 11.3. The monoisotopic (exact) mass is 258 g/mol. The van der Waals surface area contributed by atoms with E-state index in [1.807, 2.05) is 0 Å². The van der Waals surface area contributed by atoms with E-state index < -0.39 is 10.3 Å². The van der Waals surface area contributed by atoms with Crippen LogP contribution in [0.3, 0.4) is 0 Å². The Balaban J connectivity index is 2.26. The lowest BCUT2D eigenvalue weighted by Crippen LogP contribution is -2.48. The van der Waals surface area contributed by atoms with E-state index in [1.165, 1.54) is 12.1 Å². The molecule has 1 aromatic rings. The van der Waals surface area contributed by atoms with Crippen LogP contribution in [0.1, 0.15) is 45.1 Å². The molecule has 0 spiro atoms. The van der Waals surface area contributed by atoms with Crippen molar-refractivity contribution >= 4 is 5.69 Å². The predicted octanol–water partition coefficient (Wildman–Crippen LogP) is 3.96. The van der Waals surface area contributed by atoms with Crippen molar-refractivity contribution in [1.29, 1.82) is 5.26 Å². The van der Waals surface area contributed by atoms with Crippen molar-refractivity contribution in [3.63, 3.8) is 0 Å². The molecule has 0 aromatic heterocycles. The second kappa shape index (κ2) is 4.65. The van der Waals surface area contributed by atoms with Crippen molar-refractivity contribution in [3.05, 3.63) is 39.9 Å². The SMILES string of the molecule is CCC1(CC)CC(C#N)(c2ccc([N+](=O)[O-])cc2)C1. The fraction of sp³-hybridized carbons (Fsp3) is 0.533. The van der Waals surface area contributed by atoms with Gasteiger partial charge in [0.2, 0.25) is 0 Å². The van der Waals surface area contributed by atoms with Gasteiger partial charge in [-0.1, -0.05) is 38.8 Å². The van der Waals surface area contributed by atoms with Crippen LogP contribution in [0.2, 0.25) is 0 Å². The van der Waals surface area contributed by atoms with Gasteiger partial charge in [-0.3, -0.25) is 10.1 Å². The quantitative estimate of drug-likeness (QED) is 0.606. The van der Waals surface area contributed by atoms with Crippen LogP contribution >= 0.6 is 0 Å². The van der Waals surface area contributed by atoms with Gasteiger partial charge in [0.1, 0.15) is 0 Å². The summed E-state index contributed by atoms with van der Waals surface area (Å²) < 4.78 is 0. The molecule has 1 aliphatic carbocycles. The minimum absolute atomic E-state index is 0.0772. The van der Waals surface area contributed by atoms with E-state index in [0.717, 1.165) is 31.2 Å². The second-order valence-corrected chi connectivity index (χ2v) is 5.56. The summed E-state index contributed by atoms with van der Waals surface area (Å²) in [6.45, 7) is 4.33. The predicted molar refractivity (Wildman–Crippen MR) is 72.6 cm³/mol. The normalized spacial score (nSPS) is 19.2. The van der Waals surface area contributed by atoms with Crippen molar-refractivity contribution in [3.8, 4) is 6.07 Å². The fourth-order valence-electron chi connectivity index (χ4n) is 3.23. The maximum absolute atomic E-state index is 10.7. The number of nitro groups is 1. The van der Waals surface area contributed by atoms with Crippen molar-refractivity contribution in [2.75, 3.05) is 0 Å². The van der Waals surface area contributed by atoms with Crippen molar-refractivity contribution < 1.29 is 4.92 Å². The molecule has 2 rings (SSSR count). The van der Waals surface area contributed by atoms with E-state index in [4.69, 9.17) is 0 Å². The highest BCUT2D eigenvalue weighted by Gasteiger charge is 2.53. The first kappa shape index (κ1) is 13.5. The third-order valence-electron chi connectivity index (χ3n) is 4.70. The van der Waals surface area contributed by atoms with E-state index in [1.54, 1.807) is 12.1 Å². The molecular formula is C15H18N2O2.